The van der Waals surface area contributed by atoms with Crippen molar-refractivity contribution in [3.63, 3.8) is 0 Å². The first-order valence-electron chi connectivity index (χ1n) is 12.7. The molecule has 2 aromatic carbocycles. The molecule has 1 fully saturated rings. The van der Waals surface area contributed by atoms with Crippen LogP contribution in [0.4, 0.5) is 0 Å². The Morgan fingerprint density at radius 1 is 0.882 bits per heavy atom. The molecule has 2 heterocycles. The number of hydrogen-bond acceptors (Lipinski definition) is 2. The molecule has 34 heavy (non-hydrogen) atoms. The average Bonchev–Trinajstić information content (AvgIpc) is 3.28. The highest BCUT2D eigenvalue weighted by Gasteiger charge is 2.13. The Morgan fingerprint density at radius 3 is 2.50 bits per heavy atom. The van der Waals surface area contributed by atoms with Gasteiger partial charge in [-0.3, -0.25) is 0 Å². The minimum Gasteiger partial charge on any atom is -0.362 e. The smallest absolute Gasteiger partial charge is 0.0412 e. The molecule has 0 amide bonds. The first-order chi connectivity index (χ1) is 16.6. The summed E-state index contributed by atoms with van der Waals surface area (Å²) in [6.07, 6.45) is 10.6. The average molecular weight is 474 g/mol. The molecule has 3 aliphatic rings. The van der Waals surface area contributed by atoms with E-state index in [0.717, 1.165) is 17.9 Å². The zero-order valence-electron chi connectivity index (χ0n) is 20.5. The van der Waals surface area contributed by atoms with Gasteiger partial charge < -0.3 is 14.8 Å². The minimum absolute atomic E-state index is 0.824. The second kappa shape index (κ2) is 10.5. The number of halogens is 1. The molecule has 6 rings (SSSR count). The Balaban J connectivity index is 0.000000146. The molecule has 0 atom stereocenters. The van der Waals surface area contributed by atoms with Crippen LogP contribution < -0.4 is 10.4 Å². The van der Waals surface area contributed by atoms with E-state index in [-0.39, 0.29) is 0 Å². The molecule has 178 valence electrons. The lowest BCUT2D eigenvalue weighted by Crippen LogP contribution is -2.45. The number of H-pyrrole nitrogens is 1. The maximum absolute atomic E-state index is 6.09. The van der Waals surface area contributed by atoms with E-state index in [0.29, 0.717) is 0 Å². The lowest BCUT2D eigenvalue weighted by molar-refractivity contribution is 0.155. The van der Waals surface area contributed by atoms with Gasteiger partial charge in [0.2, 0.25) is 0 Å². The predicted octanol–water partition coefficient (Wildman–Crippen LogP) is 4.19. The highest BCUT2D eigenvalue weighted by atomic mass is 35.5. The van der Waals surface area contributed by atoms with Crippen LogP contribution in [-0.2, 0) is 19.3 Å². The van der Waals surface area contributed by atoms with Gasteiger partial charge in [-0.1, -0.05) is 42.0 Å². The quantitative estimate of drug-likeness (QED) is 0.616. The number of nitrogens with one attached hydrogen (secondary N) is 1. The molecule has 1 N–H and O–H groups in total. The molecule has 0 unspecified atom stereocenters. The highest BCUT2D eigenvalue weighted by molar-refractivity contribution is 6.30. The van der Waals surface area contributed by atoms with E-state index >= 15 is 0 Å². The fraction of sp³-hybridized carbons (Fsp3) is 0.400. The molecule has 1 saturated heterocycles. The molecule has 0 spiro atoms. The minimum atomic E-state index is 0.824. The number of piperazine rings is 1. The fourth-order valence-electron chi connectivity index (χ4n) is 5.44. The van der Waals surface area contributed by atoms with Crippen LogP contribution in [0.3, 0.4) is 0 Å². The second-order valence-electron chi connectivity index (χ2n) is 9.96. The van der Waals surface area contributed by atoms with E-state index in [1.807, 2.05) is 6.07 Å². The summed E-state index contributed by atoms with van der Waals surface area (Å²) in [5, 5.41) is 6.29. The molecule has 0 saturated carbocycles. The van der Waals surface area contributed by atoms with Gasteiger partial charge in [0.1, 0.15) is 0 Å². The zero-order chi connectivity index (χ0) is 23.5. The molecule has 4 heteroatoms. The number of benzene rings is 2. The second-order valence-corrected chi connectivity index (χ2v) is 10.4. The number of likely N-dealkylation sites (N-methyl/N-ethyl adjacent to an activating group) is 1. The summed E-state index contributed by atoms with van der Waals surface area (Å²) < 4.78 is 0. The Kier molecular flexibility index (Phi) is 7.24. The monoisotopic (exact) mass is 473 g/mol. The van der Waals surface area contributed by atoms with E-state index < -0.39 is 0 Å². The lowest BCUT2D eigenvalue weighted by atomic mass is 9.89. The summed E-state index contributed by atoms with van der Waals surface area (Å²) >= 11 is 6.09. The van der Waals surface area contributed by atoms with Gasteiger partial charge in [0.15, 0.2) is 0 Å². The number of nitrogens with zero attached hydrogens (tertiary/aromatic N) is 2. The summed E-state index contributed by atoms with van der Waals surface area (Å²) in [5.41, 5.74) is 5.73. The molecule has 0 radical (unpaired) electrons. The standard InChI is InChI=1S/C18H15Cl.C12H21N3/c19-14-7-10-16-13(11-14)6-9-17-15-4-2-1-3-12(15)5-8-18(16)17;1-11-3-4-12(13-11)5-6-15-9-7-14(2)8-10-15/h3,5-8,10-11H,1-2,4,9H2;3-4,13H,5-10H2,1-2H3. The number of aromatic amines is 1. The van der Waals surface area contributed by atoms with Crippen LogP contribution in [0, 0.1) is 17.4 Å². The third-order valence-electron chi connectivity index (χ3n) is 7.48. The van der Waals surface area contributed by atoms with Gasteiger partial charge in [-0.05, 0) is 95.9 Å². The summed E-state index contributed by atoms with van der Waals surface area (Å²) in [4.78, 5) is 8.34. The van der Waals surface area contributed by atoms with Gasteiger partial charge in [0.25, 0.3) is 0 Å². The number of aromatic nitrogens is 1. The van der Waals surface area contributed by atoms with Crippen molar-refractivity contribution in [2.45, 2.75) is 39.0 Å². The Labute approximate surface area is 208 Å². The highest BCUT2D eigenvalue weighted by Crippen LogP contribution is 2.18. The summed E-state index contributed by atoms with van der Waals surface area (Å²) in [7, 11) is 2.20. The first kappa shape index (κ1) is 23.4. The van der Waals surface area contributed by atoms with E-state index in [2.05, 4.69) is 77.3 Å². The van der Waals surface area contributed by atoms with Crippen molar-refractivity contribution in [3.05, 3.63) is 90.9 Å². The van der Waals surface area contributed by atoms with Crippen molar-refractivity contribution < 1.29 is 0 Å². The van der Waals surface area contributed by atoms with Gasteiger partial charge >= 0.3 is 0 Å². The maximum atomic E-state index is 6.09. The van der Waals surface area contributed by atoms with Crippen LogP contribution in [-0.4, -0.2) is 54.6 Å². The molecular formula is C30H36ClN3. The van der Waals surface area contributed by atoms with Gasteiger partial charge in [-0.25, -0.2) is 0 Å². The molecular weight excluding hydrogens is 438 g/mol. The van der Waals surface area contributed by atoms with Gasteiger partial charge in [-0.15, -0.1) is 0 Å². The largest absolute Gasteiger partial charge is 0.362 e. The SMILES string of the molecule is Cc1ccc(CCN2CCN(C)CC2)[nH]1.Clc1ccc2c(c1)=CCc1c3c(ccc1=2)=CCCC3. The topological polar surface area (TPSA) is 22.3 Å². The lowest BCUT2D eigenvalue weighted by Gasteiger charge is -2.32. The third-order valence-corrected chi connectivity index (χ3v) is 7.71. The number of aryl methyl sites for hydroxylation is 1. The van der Waals surface area contributed by atoms with Crippen molar-refractivity contribution in [1.82, 2.24) is 14.8 Å². The summed E-state index contributed by atoms with van der Waals surface area (Å²) in [6, 6.07) is 15.2. The molecule has 1 aromatic heterocycles. The Morgan fingerprint density at radius 2 is 1.71 bits per heavy atom. The summed E-state index contributed by atoms with van der Waals surface area (Å²) in [6.45, 7) is 8.16. The maximum Gasteiger partial charge on any atom is 0.0412 e. The molecule has 3 nitrogen and oxygen atoms in total. The molecule has 1 aliphatic heterocycles. The van der Waals surface area contributed by atoms with E-state index in [1.54, 1.807) is 5.56 Å². The number of fused-ring (bicyclic) bond motifs is 4. The van der Waals surface area contributed by atoms with Crippen LogP contribution in [0.1, 0.15) is 35.4 Å². The first-order valence-corrected chi connectivity index (χ1v) is 13.1. The van der Waals surface area contributed by atoms with E-state index in [4.69, 9.17) is 11.6 Å². The van der Waals surface area contributed by atoms with E-state index in [1.165, 1.54) is 89.8 Å². The van der Waals surface area contributed by atoms with Crippen molar-refractivity contribution >= 4 is 23.8 Å². The molecule has 2 aliphatic carbocycles. The van der Waals surface area contributed by atoms with Crippen molar-refractivity contribution in [1.29, 1.82) is 0 Å². The normalized spacial score (nSPS) is 17.4. The summed E-state index contributed by atoms with van der Waals surface area (Å²) in [5.74, 6) is 0. The van der Waals surface area contributed by atoms with Crippen LogP contribution in [0.15, 0.2) is 42.5 Å². The van der Waals surface area contributed by atoms with Crippen LogP contribution in [0.25, 0.3) is 12.2 Å². The van der Waals surface area contributed by atoms with Crippen LogP contribution in [0.2, 0.25) is 5.02 Å². The zero-order valence-corrected chi connectivity index (χ0v) is 21.3. The van der Waals surface area contributed by atoms with Crippen LogP contribution >= 0.6 is 11.6 Å². The van der Waals surface area contributed by atoms with E-state index in [9.17, 15) is 0 Å². The van der Waals surface area contributed by atoms with Crippen molar-refractivity contribution in [2.75, 3.05) is 39.8 Å². The number of hydrogen-bond donors (Lipinski definition) is 1. The Hall–Kier alpha value is -2.33. The van der Waals surface area contributed by atoms with Gasteiger partial charge in [0, 0.05) is 55.6 Å². The van der Waals surface area contributed by atoms with Crippen molar-refractivity contribution in [3.8, 4) is 0 Å². The third kappa shape index (κ3) is 5.33. The van der Waals surface area contributed by atoms with Crippen LogP contribution in [0.5, 0.6) is 0 Å². The fourth-order valence-corrected chi connectivity index (χ4v) is 5.62. The molecule has 0 bridgehead atoms. The van der Waals surface area contributed by atoms with Gasteiger partial charge in [0.05, 0.1) is 0 Å². The Bertz CT molecular complexity index is 1360. The van der Waals surface area contributed by atoms with Crippen molar-refractivity contribution in [2.24, 2.45) is 0 Å². The van der Waals surface area contributed by atoms with Gasteiger partial charge in [-0.2, -0.15) is 0 Å². The predicted molar refractivity (Wildman–Crippen MR) is 144 cm³/mol. The number of rotatable bonds is 3. The molecule has 3 aromatic rings.